The highest BCUT2D eigenvalue weighted by Crippen LogP contribution is 2.18. The van der Waals surface area contributed by atoms with Crippen molar-refractivity contribution < 1.29 is 4.39 Å². The maximum Gasteiger partial charge on any atom is 0.148 e. The molecular weight excluding hydrogens is 247 g/mol. The zero-order chi connectivity index (χ0) is 13.0. The molecule has 0 fully saturated rings. The van der Waals surface area contributed by atoms with Crippen molar-refractivity contribution in [2.24, 2.45) is 0 Å². The Morgan fingerprint density at radius 2 is 1.89 bits per heavy atom. The number of anilines is 2. The van der Waals surface area contributed by atoms with Gasteiger partial charge >= 0.3 is 0 Å². The predicted octanol–water partition coefficient (Wildman–Crippen LogP) is 3.74. The van der Waals surface area contributed by atoms with Gasteiger partial charge in [0, 0.05) is 17.1 Å². The highest BCUT2D eigenvalue weighted by Gasteiger charge is 2.00. The van der Waals surface area contributed by atoms with Crippen molar-refractivity contribution in [3.05, 3.63) is 53.8 Å². The number of halogens is 1. The average Bonchev–Trinajstić information content (AvgIpc) is 2.41. The second kappa shape index (κ2) is 5.78. The third-order valence-corrected chi connectivity index (χ3v) is 3.40. The topological polar surface area (TPSA) is 38.0 Å². The lowest BCUT2D eigenvalue weighted by Crippen LogP contribution is -2.00. The molecule has 2 rings (SSSR count). The second-order valence-electron chi connectivity index (χ2n) is 3.94. The van der Waals surface area contributed by atoms with Gasteiger partial charge in [-0.25, -0.2) is 4.39 Å². The van der Waals surface area contributed by atoms with Crippen LogP contribution in [0.4, 0.5) is 15.8 Å². The van der Waals surface area contributed by atoms with E-state index < -0.39 is 5.82 Å². The van der Waals surface area contributed by atoms with Crippen LogP contribution in [-0.4, -0.2) is 6.26 Å². The molecule has 0 amide bonds. The molecule has 0 radical (unpaired) electrons. The summed E-state index contributed by atoms with van der Waals surface area (Å²) in [6.07, 6.45) is 2.05. The van der Waals surface area contributed by atoms with Crippen LogP contribution >= 0.6 is 11.8 Å². The molecule has 0 spiro atoms. The number of nitrogens with one attached hydrogen (secondary N) is 1. The van der Waals surface area contributed by atoms with E-state index in [-0.39, 0.29) is 5.69 Å². The lowest BCUT2D eigenvalue weighted by atomic mass is 10.2. The molecule has 0 aliphatic rings. The van der Waals surface area contributed by atoms with Crippen LogP contribution < -0.4 is 11.1 Å². The number of nitrogens with two attached hydrogens (primary N) is 1. The second-order valence-corrected chi connectivity index (χ2v) is 4.82. The molecule has 2 aromatic rings. The van der Waals surface area contributed by atoms with E-state index in [9.17, 15) is 4.39 Å². The molecule has 18 heavy (non-hydrogen) atoms. The molecule has 4 heteroatoms. The van der Waals surface area contributed by atoms with Crippen LogP contribution in [0.3, 0.4) is 0 Å². The highest BCUT2D eigenvalue weighted by molar-refractivity contribution is 7.98. The van der Waals surface area contributed by atoms with E-state index >= 15 is 0 Å². The Bertz CT molecular complexity index is 526. The minimum Gasteiger partial charge on any atom is -0.396 e. The molecule has 2 nitrogen and oxygen atoms in total. The molecule has 0 aromatic heterocycles. The van der Waals surface area contributed by atoms with Crippen LogP contribution in [0.2, 0.25) is 0 Å². The first-order valence-corrected chi connectivity index (χ1v) is 6.83. The van der Waals surface area contributed by atoms with Crippen molar-refractivity contribution in [2.75, 3.05) is 17.3 Å². The third-order valence-electron chi connectivity index (χ3n) is 2.66. The molecule has 0 saturated carbocycles. The summed E-state index contributed by atoms with van der Waals surface area (Å²) in [5.41, 5.74) is 7.48. The first-order valence-electron chi connectivity index (χ1n) is 5.61. The summed E-state index contributed by atoms with van der Waals surface area (Å²) in [5, 5.41) is 3.16. The van der Waals surface area contributed by atoms with E-state index in [4.69, 9.17) is 5.73 Å². The van der Waals surface area contributed by atoms with E-state index in [1.54, 1.807) is 23.9 Å². The number of hydrogen-bond acceptors (Lipinski definition) is 3. The fourth-order valence-electron chi connectivity index (χ4n) is 1.58. The van der Waals surface area contributed by atoms with Gasteiger partial charge in [-0.3, -0.25) is 0 Å². The number of hydrogen-bond donors (Lipinski definition) is 2. The largest absolute Gasteiger partial charge is 0.396 e. The fraction of sp³-hybridized carbons (Fsp3) is 0.143. The summed E-state index contributed by atoms with van der Waals surface area (Å²) in [5.74, 6) is -0.391. The SMILES string of the molecule is CSc1ccc(CNc2ccc(N)c(F)c2)cc1. The Hall–Kier alpha value is -1.68. The molecule has 94 valence electrons. The van der Waals surface area contributed by atoms with E-state index in [0.717, 1.165) is 11.3 Å². The van der Waals surface area contributed by atoms with E-state index in [1.165, 1.54) is 11.0 Å². The summed E-state index contributed by atoms with van der Waals surface area (Å²) in [7, 11) is 0. The Morgan fingerprint density at radius 1 is 1.17 bits per heavy atom. The van der Waals surface area contributed by atoms with E-state index in [0.29, 0.717) is 6.54 Å². The molecule has 2 aromatic carbocycles. The first kappa shape index (κ1) is 12.8. The third kappa shape index (κ3) is 3.17. The van der Waals surface area contributed by atoms with Gasteiger partial charge in [0.2, 0.25) is 0 Å². The van der Waals surface area contributed by atoms with Gasteiger partial charge in [-0.05, 0) is 42.2 Å². The van der Waals surface area contributed by atoms with Crippen molar-refractivity contribution >= 4 is 23.1 Å². The maximum absolute atomic E-state index is 13.2. The molecule has 0 aliphatic heterocycles. The maximum atomic E-state index is 13.2. The van der Waals surface area contributed by atoms with Crippen LogP contribution in [0.15, 0.2) is 47.4 Å². The van der Waals surface area contributed by atoms with Gasteiger partial charge in [0.05, 0.1) is 5.69 Å². The Balaban J connectivity index is 1.99. The summed E-state index contributed by atoms with van der Waals surface area (Å²) in [6, 6.07) is 13.0. The van der Waals surface area contributed by atoms with Gasteiger partial charge in [-0.1, -0.05) is 12.1 Å². The minimum atomic E-state index is -0.391. The lowest BCUT2D eigenvalue weighted by Gasteiger charge is -2.08. The van der Waals surface area contributed by atoms with Crippen molar-refractivity contribution in [3.8, 4) is 0 Å². The summed E-state index contributed by atoms with van der Waals surface area (Å²) in [6.45, 7) is 0.665. The lowest BCUT2D eigenvalue weighted by molar-refractivity contribution is 0.633. The number of thioether (sulfide) groups is 1. The average molecular weight is 262 g/mol. The molecule has 0 aliphatic carbocycles. The first-order chi connectivity index (χ1) is 8.69. The molecule has 0 bridgehead atoms. The van der Waals surface area contributed by atoms with Crippen LogP contribution in [0.5, 0.6) is 0 Å². The Morgan fingerprint density at radius 3 is 2.50 bits per heavy atom. The Labute approximate surface area is 110 Å². The van der Waals surface area contributed by atoms with Crippen molar-refractivity contribution in [2.45, 2.75) is 11.4 Å². The Kier molecular flexibility index (Phi) is 4.10. The normalized spacial score (nSPS) is 10.3. The van der Waals surface area contributed by atoms with Crippen molar-refractivity contribution in [1.82, 2.24) is 0 Å². The minimum absolute atomic E-state index is 0.171. The molecule has 0 heterocycles. The zero-order valence-corrected chi connectivity index (χ0v) is 10.9. The van der Waals surface area contributed by atoms with Gasteiger partial charge in [0.1, 0.15) is 5.82 Å². The molecular formula is C14H15FN2S. The van der Waals surface area contributed by atoms with Gasteiger partial charge in [0.25, 0.3) is 0 Å². The van der Waals surface area contributed by atoms with Gasteiger partial charge in [0.15, 0.2) is 0 Å². The molecule has 3 N–H and O–H groups in total. The molecule has 0 unspecified atom stereocenters. The van der Waals surface area contributed by atoms with Gasteiger partial charge in [-0.15, -0.1) is 11.8 Å². The summed E-state index contributed by atoms with van der Waals surface area (Å²) in [4.78, 5) is 1.23. The predicted molar refractivity (Wildman–Crippen MR) is 76.4 cm³/mol. The standard InChI is InChI=1S/C14H15FN2S/c1-18-12-5-2-10(3-6-12)9-17-11-4-7-14(16)13(15)8-11/h2-8,17H,9,16H2,1H3. The van der Waals surface area contributed by atoms with E-state index in [2.05, 4.69) is 29.6 Å². The number of nitrogen functional groups attached to an aromatic ring is 1. The van der Waals surface area contributed by atoms with Crippen LogP contribution in [0.25, 0.3) is 0 Å². The van der Waals surface area contributed by atoms with Crippen LogP contribution in [-0.2, 0) is 6.54 Å². The fourth-order valence-corrected chi connectivity index (χ4v) is 1.99. The summed E-state index contributed by atoms with van der Waals surface area (Å²) < 4.78 is 13.2. The van der Waals surface area contributed by atoms with Gasteiger partial charge < -0.3 is 11.1 Å². The smallest absolute Gasteiger partial charge is 0.148 e. The highest BCUT2D eigenvalue weighted by atomic mass is 32.2. The number of benzene rings is 2. The molecule has 0 atom stereocenters. The quantitative estimate of drug-likeness (QED) is 0.651. The van der Waals surface area contributed by atoms with Crippen molar-refractivity contribution in [3.63, 3.8) is 0 Å². The summed E-state index contributed by atoms with van der Waals surface area (Å²) >= 11 is 1.71. The van der Waals surface area contributed by atoms with Gasteiger partial charge in [-0.2, -0.15) is 0 Å². The molecule has 0 saturated heterocycles. The zero-order valence-electron chi connectivity index (χ0n) is 10.1. The monoisotopic (exact) mass is 262 g/mol. The van der Waals surface area contributed by atoms with Crippen LogP contribution in [0.1, 0.15) is 5.56 Å². The number of rotatable bonds is 4. The van der Waals surface area contributed by atoms with E-state index in [1.807, 2.05) is 6.26 Å². The van der Waals surface area contributed by atoms with Crippen molar-refractivity contribution in [1.29, 1.82) is 0 Å². The van der Waals surface area contributed by atoms with Crippen LogP contribution in [0, 0.1) is 5.82 Å².